The number of fused-ring (bicyclic) bond motifs is 1. The van der Waals surface area contributed by atoms with E-state index < -0.39 is 6.03 Å². The molecule has 1 fully saturated rings. The fraction of sp³-hybridized carbons (Fsp3) is 0.200. The second kappa shape index (κ2) is 4.05. The Morgan fingerprint density at radius 3 is 2.94 bits per heavy atom. The molecule has 0 aliphatic carbocycles. The Kier molecular flexibility index (Phi) is 2.51. The van der Waals surface area contributed by atoms with Gasteiger partial charge in [-0.1, -0.05) is 15.9 Å². The van der Waals surface area contributed by atoms with Crippen LogP contribution < -0.4 is 10.2 Å². The van der Waals surface area contributed by atoms with Crippen molar-refractivity contribution in [3.05, 3.63) is 22.9 Å². The van der Waals surface area contributed by atoms with Crippen LogP contribution >= 0.6 is 15.9 Å². The van der Waals surface area contributed by atoms with Gasteiger partial charge in [-0.25, -0.2) is 9.78 Å². The maximum atomic E-state index is 11.8. The van der Waals surface area contributed by atoms with Crippen LogP contribution in [0.25, 0.3) is 5.65 Å². The van der Waals surface area contributed by atoms with Crippen LogP contribution in [0.3, 0.4) is 0 Å². The van der Waals surface area contributed by atoms with Crippen molar-refractivity contribution < 1.29 is 9.59 Å². The SMILES string of the molecule is O=C1CCN(c2cc(Br)cc3ncnn23)C(=O)N1. The predicted molar refractivity (Wildman–Crippen MR) is 66.2 cm³/mol. The summed E-state index contributed by atoms with van der Waals surface area (Å²) in [7, 11) is 0. The van der Waals surface area contributed by atoms with Gasteiger partial charge in [-0.15, -0.1) is 0 Å². The van der Waals surface area contributed by atoms with Gasteiger partial charge in [0.1, 0.15) is 12.1 Å². The molecule has 3 heterocycles. The smallest absolute Gasteiger partial charge is 0.278 e. The molecule has 7 nitrogen and oxygen atoms in total. The average Bonchev–Trinajstić information content (AvgIpc) is 2.76. The van der Waals surface area contributed by atoms with Crippen molar-refractivity contribution in [2.45, 2.75) is 6.42 Å². The quantitative estimate of drug-likeness (QED) is 0.850. The van der Waals surface area contributed by atoms with E-state index in [0.29, 0.717) is 18.0 Å². The number of imide groups is 1. The normalized spacial score (nSPS) is 16.2. The minimum atomic E-state index is -0.443. The molecule has 0 spiro atoms. The van der Waals surface area contributed by atoms with Gasteiger partial charge in [-0.05, 0) is 12.1 Å². The van der Waals surface area contributed by atoms with E-state index in [1.807, 2.05) is 0 Å². The predicted octanol–water partition coefficient (Wildman–Crippen LogP) is 0.938. The summed E-state index contributed by atoms with van der Waals surface area (Å²) in [5.41, 5.74) is 0.629. The first-order chi connectivity index (χ1) is 8.65. The van der Waals surface area contributed by atoms with Crippen LogP contribution in [0.1, 0.15) is 6.42 Å². The van der Waals surface area contributed by atoms with E-state index in [2.05, 4.69) is 31.3 Å². The molecule has 0 atom stereocenters. The Balaban J connectivity index is 2.11. The number of pyridine rings is 1. The van der Waals surface area contributed by atoms with Gasteiger partial charge in [-0.3, -0.25) is 15.0 Å². The van der Waals surface area contributed by atoms with Crippen LogP contribution in [0, 0.1) is 0 Å². The highest BCUT2D eigenvalue weighted by atomic mass is 79.9. The molecule has 3 rings (SSSR count). The monoisotopic (exact) mass is 309 g/mol. The van der Waals surface area contributed by atoms with Crippen LogP contribution in [-0.2, 0) is 4.79 Å². The maximum absolute atomic E-state index is 11.8. The molecule has 2 aromatic rings. The molecule has 1 saturated heterocycles. The van der Waals surface area contributed by atoms with Crippen molar-refractivity contribution in [2.75, 3.05) is 11.4 Å². The maximum Gasteiger partial charge on any atom is 0.329 e. The highest BCUT2D eigenvalue weighted by Crippen LogP contribution is 2.23. The minimum absolute atomic E-state index is 0.263. The highest BCUT2D eigenvalue weighted by molar-refractivity contribution is 9.10. The van der Waals surface area contributed by atoms with E-state index in [-0.39, 0.29) is 12.3 Å². The van der Waals surface area contributed by atoms with Crippen molar-refractivity contribution in [3.63, 3.8) is 0 Å². The number of aromatic nitrogens is 3. The molecule has 0 radical (unpaired) electrons. The van der Waals surface area contributed by atoms with Crippen molar-refractivity contribution in [1.29, 1.82) is 0 Å². The van der Waals surface area contributed by atoms with Crippen molar-refractivity contribution in [3.8, 4) is 0 Å². The first-order valence-corrected chi connectivity index (χ1v) is 6.05. The number of nitrogens with one attached hydrogen (secondary N) is 1. The third-order valence-electron chi connectivity index (χ3n) is 2.66. The van der Waals surface area contributed by atoms with Gasteiger partial charge < -0.3 is 0 Å². The molecule has 1 N–H and O–H groups in total. The lowest BCUT2D eigenvalue weighted by Gasteiger charge is -2.26. The van der Waals surface area contributed by atoms with Crippen LogP contribution in [-0.4, -0.2) is 33.1 Å². The molecule has 2 aromatic heterocycles. The lowest BCUT2D eigenvalue weighted by molar-refractivity contribution is -0.120. The van der Waals surface area contributed by atoms with E-state index in [1.165, 1.54) is 11.2 Å². The van der Waals surface area contributed by atoms with E-state index in [4.69, 9.17) is 0 Å². The largest absolute Gasteiger partial charge is 0.329 e. The second-order valence-corrected chi connectivity index (χ2v) is 4.73. The zero-order chi connectivity index (χ0) is 12.7. The number of carbonyl (C=O) groups excluding carboxylic acids is 2. The van der Waals surface area contributed by atoms with Crippen LogP contribution in [0.15, 0.2) is 22.9 Å². The summed E-state index contributed by atoms with van der Waals surface area (Å²) < 4.78 is 2.35. The number of carbonyl (C=O) groups is 2. The Morgan fingerprint density at radius 1 is 1.33 bits per heavy atom. The molecule has 1 aliphatic rings. The number of halogens is 1. The van der Waals surface area contributed by atoms with Crippen LogP contribution in [0.4, 0.5) is 10.6 Å². The van der Waals surface area contributed by atoms with Gasteiger partial charge in [0.2, 0.25) is 5.91 Å². The summed E-state index contributed by atoms with van der Waals surface area (Å²) in [4.78, 5) is 28.5. The van der Waals surface area contributed by atoms with Crippen molar-refractivity contribution in [2.24, 2.45) is 0 Å². The first-order valence-electron chi connectivity index (χ1n) is 5.26. The Labute approximate surface area is 110 Å². The Hall–Kier alpha value is -1.96. The second-order valence-electron chi connectivity index (χ2n) is 3.82. The molecular formula is C10H8BrN5O2. The molecule has 1 aliphatic heterocycles. The first kappa shape index (κ1) is 11.1. The molecule has 0 saturated carbocycles. The van der Waals surface area contributed by atoms with E-state index in [9.17, 15) is 9.59 Å². The number of rotatable bonds is 1. The van der Waals surface area contributed by atoms with E-state index in [0.717, 1.165) is 4.47 Å². The molecular weight excluding hydrogens is 302 g/mol. The number of hydrogen-bond donors (Lipinski definition) is 1. The van der Waals surface area contributed by atoms with Crippen LogP contribution in [0.2, 0.25) is 0 Å². The minimum Gasteiger partial charge on any atom is -0.278 e. The molecule has 8 heteroatoms. The van der Waals surface area contributed by atoms with E-state index in [1.54, 1.807) is 16.6 Å². The van der Waals surface area contributed by atoms with Gasteiger partial charge in [0.15, 0.2) is 5.65 Å². The van der Waals surface area contributed by atoms with Crippen LogP contribution in [0.5, 0.6) is 0 Å². The average molecular weight is 310 g/mol. The fourth-order valence-electron chi connectivity index (χ4n) is 1.85. The summed E-state index contributed by atoms with van der Waals surface area (Å²) in [5, 5.41) is 6.34. The van der Waals surface area contributed by atoms with Gasteiger partial charge in [0.05, 0.1) is 0 Å². The number of anilines is 1. The summed E-state index contributed by atoms with van der Waals surface area (Å²) in [5.74, 6) is 0.308. The summed E-state index contributed by atoms with van der Waals surface area (Å²) >= 11 is 3.36. The standard InChI is InChI=1S/C10H8BrN5O2/c11-6-3-7-12-5-13-16(7)9(4-6)15-2-1-8(17)14-10(15)18/h3-5H,1-2H2,(H,14,17,18). The molecule has 0 aromatic carbocycles. The molecule has 0 unspecified atom stereocenters. The zero-order valence-electron chi connectivity index (χ0n) is 9.13. The zero-order valence-corrected chi connectivity index (χ0v) is 10.7. The lowest BCUT2D eigenvalue weighted by atomic mass is 10.3. The number of amides is 3. The van der Waals surface area contributed by atoms with Gasteiger partial charge >= 0.3 is 6.03 Å². The third-order valence-corrected chi connectivity index (χ3v) is 3.11. The summed E-state index contributed by atoms with van der Waals surface area (Å²) in [6.45, 7) is 0.329. The number of urea groups is 1. The highest BCUT2D eigenvalue weighted by Gasteiger charge is 2.26. The number of hydrogen-bond acceptors (Lipinski definition) is 4. The third kappa shape index (κ3) is 1.74. The topological polar surface area (TPSA) is 79.6 Å². The fourth-order valence-corrected chi connectivity index (χ4v) is 2.26. The van der Waals surface area contributed by atoms with Gasteiger partial charge in [0.25, 0.3) is 0 Å². The van der Waals surface area contributed by atoms with Gasteiger partial charge in [0, 0.05) is 17.4 Å². The number of nitrogens with zero attached hydrogens (tertiary/aromatic N) is 4. The molecule has 18 heavy (non-hydrogen) atoms. The summed E-state index contributed by atoms with van der Waals surface area (Å²) in [6.07, 6.45) is 1.69. The van der Waals surface area contributed by atoms with E-state index >= 15 is 0 Å². The Bertz CT molecular complexity index is 653. The van der Waals surface area contributed by atoms with Crippen molar-refractivity contribution >= 4 is 39.3 Å². The molecule has 92 valence electrons. The summed E-state index contributed by atoms with van der Waals surface area (Å²) in [6, 6.07) is 3.11. The van der Waals surface area contributed by atoms with Gasteiger partial charge in [-0.2, -0.15) is 9.61 Å². The van der Waals surface area contributed by atoms with Crippen molar-refractivity contribution in [1.82, 2.24) is 19.9 Å². The molecule has 3 amide bonds. The Morgan fingerprint density at radius 2 is 2.17 bits per heavy atom. The lowest BCUT2D eigenvalue weighted by Crippen LogP contribution is -2.50. The molecule has 0 bridgehead atoms.